The average Bonchev–Trinajstić information content (AvgIpc) is 2.99. The number of H-pyrrole nitrogens is 1. The smallest absolute Gasteiger partial charge is 0.257 e. The van der Waals surface area contributed by atoms with Crippen molar-refractivity contribution in [2.75, 3.05) is 13.1 Å². The Morgan fingerprint density at radius 3 is 2.95 bits per heavy atom. The van der Waals surface area contributed by atoms with Gasteiger partial charge >= 0.3 is 0 Å². The second kappa shape index (κ2) is 6.10. The molecule has 5 nitrogen and oxygen atoms in total. The van der Waals surface area contributed by atoms with Gasteiger partial charge in [-0.3, -0.25) is 9.89 Å². The number of nitrogens with one attached hydrogen (secondary N) is 1. The van der Waals surface area contributed by atoms with E-state index in [1.165, 1.54) is 6.20 Å². The molecule has 0 radical (unpaired) electrons. The molecule has 1 fully saturated rings. The summed E-state index contributed by atoms with van der Waals surface area (Å²) in [7, 11) is 0. The molecule has 1 amide bonds. The number of hydrogen-bond acceptors (Lipinski definition) is 3. The molecule has 2 aromatic rings. The van der Waals surface area contributed by atoms with Crippen LogP contribution in [0, 0.1) is 5.92 Å². The third-order valence-corrected chi connectivity index (χ3v) is 4.55. The quantitative estimate of drug-likeness (QED) is 0.894. The lowest BCUT2D eigenvalue weighted by atomic mass is 9.95. The van der Waals surface area contributed by atoms with Crippen LogP contribution >= 0.6 is 11.6 Å². The molecule has 116 valence electrons. The first-order valence-electron chi connectivity index (χ1n) is 7.33. The third-order valence-electron chi connectivity index (χ3n) is 4.22. The molecule has 1 saturated heterocycles. The van der Waals surface area contributed by atoms with Gasteiger partial charge in [0.2, 0.25) is 0 Å². The molecule has 2 unspecified atom stereocenters. The number of amides is 1. The van der Waals surface area contributed by atoms with Crippen LogP contribution in [0.5, 0.6) is 0 Å². The molecule has 0 saturated carbocycles. The van der Waals surface area contributed by atoms with Crippen LogP contribution in [0.25, 0.3) is 11.3 Å². The minimum Gasteiger partial charge on any atom is -0.391 e. The molecule has 2 heterocycles. The molecule has 0 bridgehead atoms. The molecule has 2 atom stereocenters. The molecule has 1 aliphatic heterocycles. The number of hydrogen-bond donors (Lipinski definition) is 2. The van der Waals surface area contributed by atoms with Gasteiger partial charge in [0.15, 0.2) is 0 Å². The van der Waals surface area contributed by atoms with E-state index >= 15 is 0 Å². The third kappa shape index (κ3) is 2.74. The first kappa shape index (κ1) is 15.1. The highest BCUT2D eigenvalue weighted by molar-refractivity contribution is 6.33. The number of β-amino-alcohol motifs (C(OH)–C–C–N with tert-alkyl or cyclic N) is 1. The zero-order valence-electron chi connectivity index (χ0n) is 12.3. The molecule has 1 aromatic heterocycles. The fourth-order valence-electron chi connectivity index (χ4n) is 2.72. The molecular formula is C16H18ClN3O2. The van der Waals surface area contributed by atoms with Crippen molar-refractivity contribution < 1.29 is 9.90 Å². The predicted octanol–water partition coefficient (Wildman–Crippen LogP) is 2.57. The van der Waals surface area contributed by atoms with Gasteiger partial charge in [0, 0.05) is 23.7 Å². The summed E-state index contributed by atoms with van der Waals surface area (Å²) in [6, 6.07) is 7.33. The van der Waals surface area contributed by atoms with Crippen molar-refractivity contribution in [1.82, 2.24) is 15.1 Å². The summed E-state index contributed by atoms with van der Waals surface area (Å²) in [4.78, 5) is 14.4. The summed E-state index contributed by atoms with van der Waals surface area (Å²) < 4.78 is 0. The van der Waals surface area contributed by atoms with Gasteiger partial charge in [-0.1, -0.05) is 36.7 Å². The summed E-state index contributed by atoms with van der Waals surface area (Å²) in [6.07, 6.45) is 1.84. The van der Waals surface area contributed by atoms with E-state index in [0.717, 1.165) is 12.0 Å². The number of nitrogens with zero attached hydrogens (tertiary/aromatic N) is 2. The van der Waals surface area contributed by atoms with E-state index in [1.54, 1.807) is 11.0 Å². The highest BCUT2D eigenvalue weighted by Crippen LogP contribution is 2.29. The average molecular weight is 320 g/mol. The molecule has 2 N–H and O–H groups in total. The van der Waals surface area contributed by atoms with Gasteiger partial charge in [-0.25, -0.2) is 0 Å². The van der Waals surface area contributed by atoms with Crippen LogP contribution in [0.1, 0.15) is 23.7 Å². The standard InChI is InChI=1S/C16H18ClN3O2/c1-10-6-7-20(9-14(10)21)16(22)12-8-18-19-15(12)11-4-2-3-5-13(11)17/h2-5,8,10,14,21H,6-7,9H2,1H3,(H,18,19). The fourth-order valence-corrected chi connectivity index (χ4v) is 2.95. The molecule has 6 heteroatoms. The topological polar surface area (TPSA) is 69.2 Å². The largest absolute Gasteiger partial charge is 0.391 e. The number of benzene rings is 1. The van der Waals surface area contributed by atoms with E-state index in [-0.39, 0.29) is 11.8 Å². The number of carbonyl (C=O) groups excluding carboxylic acids is 1. The molecule has 0 aliphatic carbocycles. The van der Waals surface area contributed by atoms with Gasteiger partial charge in [0.25, 0.3) is 5.91 Å². The number of rotatable bonds is 2. The minimum atomic E-state index is -0.478. The monoisotopic (exact) mass is 319 g/mol. The Hall–Kier alpha value is -1.85. The Bertz CT molecular complexity index is 686. The van der Waals surface area contributed by atoms with E-state index < -0.39 is 6.10 Å². The van der Waals surface area contributed by atoms with Crippen molar-refractivity contribution in [2.24, 2.45) is 5.92 Å². The number of aromatic nitrogens is 2. The van der Waals surface area contributed by atoms with Crippen LogP contribution in [-0.4, -0.2) is 45.3 Å². The van der Waals surface area contributed by atoms with Crippen LogP contribution in [-0.2, 0) is 0 Å². The zero-order valence-corrected chi connectivity index (χ0v) is 13.0. The fraction of sp³-hybridized carbons (Fsp3) is 0.375. The molecular weight excluding hydrogens is 302 g/mol. The predicted molar refractivity (Wildman–Crippen MR) is 84.7 cm³/mol. The van der Waals surface area contributed by atoms with E-state index in [4.69, 9.17) is 11.6 Å². The van der Waals surface area contributed by atoms with Crippen molar-refractivity contribution in [3.8, 4) is 11.3 Å². The van der Waals surface area contributed by atoms with E-state index in [9.17, 15) is 9.90 Å². The Labute approximate surface area is 133 Å². The zero-order chi connectivity index (χ0) is 15.7. The van der Waals surface area contributed by atoms with Crippen molar-refractivity contribution in [2.45, 2.75) is 19.4 Å². The van der Waals surface area contributed by atoms with Crippen molar-refractivity contribution >= 4 is 17.5 Å². The Morgan fingerprint density at radius 2 is 2.23 bits per heavy atom. The van der Waals surface area contributed by atoms with Crippen LogP contribution in [0.3, 0.4) is 0 Å². The highest BCUT2D eigenvalue weighted by Gasteiger charge is 2.29. The number of aliphatic hydroxyl groups is 1. The number of piperidine rings is 1. The molecule has 1 aromatic carbocycles. The number of halogens is 1. The maximum Gasteiger partial charge on any atom is 0.257 e. The number of carbonyl (C=O) groups is 1. The maximum absolute atomic E-state index is 12.7. The first-order valence-corrected chi connectivity index (χ1v) is 7.71. The van der Waals surface area contributed by atoms with Gasteiger partial charge in [-0.15, -0.1) is 0 Å². The van der Waals surface area contributed by atoms with Crippen LogP contribution in [0.15, 0.2) is 30.5 Å². The SMILES string of the molecule is CC1CCN(C(=O)c2cn[nH]c2-c2ccccc2Cl)CC1O. The summed E-state index contributed by atoms with van der Waals surface area (Å²) in [5.41, 5.74) is 1.84. The summed E-state index contributed by atoms with van der Waals surface area (Å²) in [5.74, 6) is 0.0889. The lowest BCUT2D eigenvalue weighted by Crippen LogP contribution is -2.45. The number of aromatic amines is 1. The van der Waals surface area contributed by atoms with Crippen LogP contribution in [0.4, 0.5) is 0 Å². The normalized spacial score (nSPS) is 21.9. The van der Waals surface area contributed by atoms with Crippen LogP contribution < -0.4 is 0 Å². The lowest BCUT2D eigenvalue weighted by Gasteiger charge is -2.34. The second-order valence-corrected chi connectivity index (χ2v) is 6.13. The maximum atomic E-state index is 12.7. The Balaban J connectivity index is 1.89. The van der Waals surface area contributed by atoms with Gasteiger partial charge in [0.1, 0.15) is 0 Å². The van der Waals surface area contributed by atoms with E-state index in [0.29, 0.717) is 29.4 Å². The second-order valence-electron chi connectivity index (χ2n) is 5.72. The van der Waals surface area contributed by atoms with Gasteiger partial charge in [-0.05, 0) is 18.4 Å². The molecule has 1 aliphatic rings. The number of aliphatic hydroxyl groups excluding tert-OH is 1. The Kier molecular flexibility index (Phi) is 4.18. The number of likely N-dealkylation sites (tertiary alicyclic amines) is 1. The Morgan fingerprint density at radius 1 is 1.45 bits per heavy atom. The lowest BCUT2D eigenvalue weighted by molar-refractivity contribution is 0.0249. The summed E-state index contributed by atoms with van der Waals surface area (Å²) >= 11 is 6.21. The summed E-state index contributed by atoms with van der Waals surface area (Å²) in [5, 5.41) is 17.4. The van der Waals surface area contributed by atoms with Gasteiger partial charge in [-0.2, -0.15) is 5.10 Å². The van der Waals surface area contributed by atoms with Crippen molar-refractivity contribution in [1.29, 1.82) is 0 Å². The van der Waals surface area contributed by atoms with E-state index in [1.807, 2.05) is 25.1 Å². The van der Waals surface area contributed by atoms with E-state index in [2.05, 4.69) is 10.2 Å². The molecule has 3 rings (SSSR count). The van der Waals surface area contributed by atoms with Crippen molar-refractivity contribution in [3.63, 3.8) is 0 Å². The van der Waals surface area contributed by atoms with Crippen LogP contribution in [0.2, 0.25) is 5.02 Å². The summed E-state index contributed by atoms with van der Waals surface area (Å²) in [6.45, 7) is 3.00. The molecule has 0 spiro atoms. The highest BCUT2D eigenvalue weighted by atomic mass is 35.5. The van der Waals surface area contributed by atoms with Gasteiger partial charge < -0.3 is 10.0 Å². The van der Waals surface area contributed by atoms with Gasteiger partial charge in [0.05, 0.1) is 23.6 Å². The minimum absolute atomic E-state index is 0.130. The molecule has 22 heavy (non-hydrogen) atoms. The first-order chi connectivity index (χ1) is 10.6. The van der Waals surface area contributed by atoms with Crippen molar-refractivity contribution in [3.05, 3.63) is 41.0 Å².